The lowest BCUT2D eigenvalue weighted by molar-refractivity contribution is -0.115. The summed E-state index contributed by atoms with van der Waals surface area (Å²) in [5, 5.41) is 3.39. The van der Waals surface area contributed by atoms with Gasteiger partial charge in [0.2, 0.25) is 12.7 Å². The second kappa shape index (κ2) is 9.42. The van der Waals surface area contributed by atoms with E-state index in [0.29, 0.717) is 28.8 Å². The van der Waals surface area contributed by atoms with E-state index in [4.69, 9.17) is 14.5 Å². The van der Waals surface area contributed by atoms with Crippen LogP contribution < -0.4 is 14.8 Å². The molecular weight excluding hydrogens is 434 g/mol. The third-order valence-electron chi connectivity index (χ3n) is 5.35. The van der Waals surface area contributed by atoms with E-state index in [2.05, 4.69) is 22.4 Å². The van der Waals surface area contributed by atoms with Crippen molar-refractivity contribution in [3.63, 3.8) is 0 Å². The number of amides is 1. The molecule has 0 fully saturated rings. The summed E-state index contributed by atoms with van der Waals surface area (Å²) >= 11 is 1.43. The Bertz CT molecular complexity index is 1200. The van der Waals surface area contributed by atoms with E-state index in [-0.39, 0.29) is 18.0 Å². The molecule has 0 aliphatic carbocycles. The number of anilines is 1. The summed E-state index contributed by atoms with van der Waals surface area (Å²) < 4.78 is 10.8. The molecule has 1 unspecified atom stereocenters. The van der Waals surface area contributed by atoms with E-state index < -0.39 is 0 Å². The van der Waals surface area contributed by atoms with Crippen molar-refractivity contribution in [2.75, 3.05) is 12.1 Å². The summed E-state index contributed by atoms with van der Waals surface area (Å²) in [5.74, 6) is 1.24. The maximum absolute atomic E-state index is 13.0. The van der Waals surface area contributed by atoms with Crippen molar-refractivity contribution >= 4 is 23.4 Å². The highest BCUT2D eigenvalue weighted by Crippen LogP contribution is 2.36. The zero-order valence-electron chi connectivity index (χ0n) is 18.1. The maximum Gasteiger partial charge on any atom is 0.237 e. The van der Waals surface area contributed by atoms with E-state index >= 15 is 0 Å². The summed E-state index contributed by atoms with van der Waals surface area (Å²) in [5.41, 5.74) is 4.56. The van der Waals surface area contributed by atoms with E-state index in [1.54, 1.807) is 12.1 Å². The number of nitrogens with zero attached hydrogens (tertiary/aromatic N) is 1. The largest absolute Gasteiger partial charge is 0.454 e. The number of aromatic nitrogens is 2. The van der Waals surface area contributed by atoms with E-state index in [0.717, 1.165) is 22.5 Å². The Labute approximate surface area is 196 Å². The Morgan fingerprint density at radius 3 is 2.42 bits per heavy atom. The van der Waals surface area contributed by atoms with Gasteiger partial charge in [-0.25, -0.2) is 4.98 Å². The molecule has 3 aromatic carbocycles. The number of carbonyl (C=O) groups is 1. The number of carbonyl (C=O) groups excluding carboxylic acids is 1. The summed E-state index contributed by atoms with van der Waals surface area (Å²) in [6, 6.07) is 25.6. The van der Waals surface area contributed by atoms with Crippen molar-refractivity contribution in [1.82, 2.24) is 9.97 Å². The predicted octanol–water partition coefficient (Wildman–Crippen LogP) is 5.98. The molecule has 1 atom stereocenters. The Morgan fingerprint density at radius 1 is 1.00 bits per heavy atom. The molecule has 1 aromatic heterocycles. The smallest absolute Gasteiger partial charge is 0.237 e. The number of imidazole rings is 1. The Hall–Kier alpha value is -3.71. The van der Waals surface area contributed by atoms with Gasteiger partial charge in [0.15, 0.2) is 16.7 Å². The minimum absolute atomic E-state index is 0.0831. The van der Waals surface area contributed by atoms with Crippen molar-refractivity contribution in [3.05, 3.63) is 78.9 Å². The van der Waals surface area contributed by atoms with E-state index in [1.807, 2.05) is 61.5 Å². The minimum Gasteiger partial charge on any atom is -0.454 e. The lowest BCUT2D eigenvalue weighted by Gasteiger charge is -2.13. The lowest BCUT2D eigenvalue weighted by atomic mass is 10.1. The summed E-state index contributed by atoms with van der Waals surface area (Å²) in [4.78, 5) is 21.4. The fourth-order valence-electron chi connectivity index (χ4n) is 3.68. The van der Waals surface area contributed by atoms with Crippen molar-refractivity contribution in [1.29, 1.82) is 0 Å². The zero-order chi connectivity index (χ0) is 22.6. The standard InChI is InChI=1S/C26H23N3O3S/c1-2-22(25(30)27-19-13-14-20-21(15-19)32-16-31-20)33-26-28-23(17-9-5-3-6-10-17)24(29-26)18-11-7-4-8-12-18/h3-15,22H,2,16H2,1H3,(H,27,30)(H,28,29). The predicted molar refractivity (Wildman–Crippen MR) is 131 cm³/mol. The van der Waals surface area contributed by atoms with Gasteiger partial charge >= 0.3 is 0 Å². The quantitative estimate of drug-likeness (QED) is 0.334. The summed E-state index contributed by atoms with van der Waals surface area (Å²) in [6.45, 7) is 2.20. The van der Waals surface area contributed by atoms with Crippen LogP contribution in [-0.4, -0.2) is 27.9 Å². The number of thioether (sulfide) groups is 1. The van der Waals surface area contributed by atoms with Gasteiger partial charge in [-0.3, -0.25) is 4.79 Å². The molecule has 2 N–H and O–H groups in total. The number of aromatic amines is 1. The molecule has 2 heterocycles. The lowest BCUT2D eigenvalue weighted by Crippen LogP contribution is -2.24. The van der Waals surface area contributed by atoms with Gasteiger partial charge in [0.25, 0.3) is 0 Å². The first-order chi connectivity index (χ1) is 16.2. The molecule has 6 nitrogen and oxygen atoms in total. The molecule has 4 aromatic rings. The fraction of sp³-hybridized carbons (Fsp3) is 0.154. The molecule has 0 bridgehead atoms. The van der Waals surface area contributed by atoms with Crippen LogP contribution in [-0.2, 0) is 4.79 Å². The average molecular weight is 458 g/mol. The summed E-state index contributed by atoms with van der Waals surface area (Å²) in [7, 11) is 0. The average Bonchev–Trinajstić information content (AvgIpc) is 3.50. The molecule has 1 aliphatic rings. The highest BCUT2D eigenvalue weighted by Gasteiger charge is 2.23. The van der Waals surface area contributed by atoms with Crippen LogP contribution in [0.15, 0.2) is 84.0 Å². The van der Waals surface area contributed by atoms with Crippen LogP contribution in [0.5, 0.6) is 11.5 Å². The molecule has 7 heteroatoms. The van der Waals surface area contributed by atoms with Gasteiger partial charge in [0.05, 0.1) is 16.6 Å². The number of H-pyrrole nitrogens is 1. The first-order valence-corrected chi connectivity index (χ1v) is 11.7. The Morgan fingerprint density at radius 2 is 1.70 bits per heavy atom. The molecule has 0 spiro atoms. The molecule has 1 amide bonds. The van der Waals surface area contributed by atoms with Crippen LogP contribution in [0.25, 0.3) is 22.5 Å². The molecule has 33 heavy (non-hydrogen) atoms. The number of ether oxygens (including phenoxy) is 2. The van der Waals surface area contributed by atoms with Crippen LogP contribution in [0.2, 0.25) is 0 Å². The molecule has 0 radical (unpaired) electrons. The SMILES string of the molecule is CCC(Sc1nc(-c2ccccc2)c(-c2ccccc2)[nH]1)C(=O)Nc1ccc2c(c1)OCO2. The van der Waals surface area contributed by atoms with Crippen molar-refractivity contribution in [2.24, 2.45) is 0 Å². The molecule has 5 rings (SSSR count). The van der Waals surface area contributed by atoms with Gasteiger partial charge in [-0.05, 0) is 18.6 Å². The highest BCUT2D eigenvalue weighted by molar-refractivity contribution is 8.00. The topological polar surface area (TPSA) is 76.2 Å². The van der Waals surface area contributed by atoms with Crippen LogP contribution >= 0.6 is 11.8 Å². The number of hydrogen-bond acceptors (Lipinski definition) is 5. The van der Waals surface area contributed by atoms with Gasteiger partial charge in [-0.1, -0.05) is 79.3 Å². The zero-order valence-corrected chi connectivity index (χ0v) is 18.9. The Kier molecular flexibility index (Phi) is 6.04. The van der Waals surface area contributed by atoms with Crippen LogP contribution in [0, 0.1) is 0 Å². The molecule has 0 saturated heterocycles. The number of benzene rings is 3. The highest BCUT2D eigenvalue weighted by atomic mass is 32.2. The van der Waals surface area contributed by atoms with E-state index in [1.165, 1.54) is 11.8 Å². The second-order valence-corrected chi connectivity index (χ2v) is 8.76. The van der Waals surface area contributed by atoms with Crippen molar-refractivity contribution < 1.29 is 14.3 Å². The molecular formula is C26H23N3O3S. The summed E-state index contributed by atoms with van der Waals surface area (Å²) in [6.07, 6.45) is 0.656. The van der Waals surface area contributed by atoms with Gasteiger partial charge in [0, 0.05) is 22.9 Å². The normalized spacial score (nSPS) is 13.0. The third-order valence-corrected chi connectivity index (χ3v) is 6.60. The maximum atomic E-state index is 13.0. The van der Waals surface area contributed by atoms with Gasteiger partial charge in [-0.2, -0.15) is 0 Å². The van der Waals surface area contributed by atoms with Crippen molar-refractivity contribution in [2.45, 2.75) is 23.8 Å². The number of fused-ring (bicyclic) bond motifs is 1. The monoisotopic (exact) mass is 457 g/mol. The number of nitrogens with one attached hydrogen (secondary N) is 2. The van der Waals surface area contributed by atoms with Crippen molar-refractivity contribution in [3.8, 4) is 34.0 Å². The minimum atomic E-state index is -0.311. The number of rotatable bonds is 7. The van der Waals surface area contributed by atoms with E-state index in [9.17, 15) is 4.79 Å². The molecule has 1 aliphatic heterocycles. The molecule has 166 valence electrons. The van der Waals surface area contributed by atoms with Gasteiger partial charge < -0.3 is 19.8 Å². The van der Waals surface area contributed by atoms with Gasteiger partial charge in [-0.15, -0.1) is 0 Å². The first kappa shape index (κ1) is 21.2. The van der Waals surface area contributed by atoms with Crippen LogP contribution in [0.3, 0.4) is 0 Å². The second-order valence-electron chi connectivity index (χ2n) is 7.57. The van der Waals surface area contributed by atoms with Crippen LogP contribution in [0.1, 0.15) is 13.3 Å². The molecule has 0 saturated carbocycles. The van der Waals surface area contributed by atoms with Crippen LogP contribution in [0.4, 0.5) is 5.69 Å². The fourth-order valence-corrected chi connectivity index (χ4v) is 4.59. The van der Waals surface area contributed by atoms with Gasteiger partial charge in [0.1, 0.15) is 0 Å². The Balaban J connectivity index is 1.39. The first-order valence-electron chi connectivity index (χ1n) is 10.8. The number of hydrogen-bond donors (Lipinski definition) is 2. The third kappa shape index (κ3) is 4.59.